The normalized spacial score (nSPS) is 7.75. The van der Waals surface area contributed by atoms with E-state index in [0.717, 1.165) is 17.4 Å². The van der Waals surface area contributed by atoms with E-state index in [1.165, 1.54) is 0 Å². The summed E-state index contributed by atoms with van der Waals surface area (Å²) in [7, 11) is -5.39. The van der Waals surface area contributed by atoms with Crippen LogP contribution < -0.4 is 14.7 Å². The molecule has 0 saturated heterocycles. The summed E-state index contributed by atoms with van der Waals surface area (Å²) in [5.41, 5.74) is 0. The van der Waals surface area contributed by atoms with Crippen LogP contribution in [0, 0.1) is 0 Å². The Labute approximate surface area is 55.8 Å². The zero-order valence-corrected chi connectivity index (χ0v) is 5.73. The Bertz CT molecular complexity index is 68.9. The first-order valence-electron chi connectivity index (χ1n) is 0.913. The van der Waals surface area contributed by atoms with Crippen LogP contribution in [0.1, 0.15) is 1.43 Å². The first-order chi connectivity index (χ1) is 3.00. The van der Waals surface area contributed by atoms with Gasteiger partial charge in [0.15, 0.2) is 0 Å². The Morgan fingerprint density at radius 2 is 1.25 bits per heavy atom. The third-order valence-corrected chi connectivity index (χ3v) is 0. The number of hydrogen-bond acceptors (Lipinski definition) is 5. The molecule has 0 heterocycles. The summed E-state index contributed by atoms with van der Waals surface area (Å²) in [4.78, 5) is 25.6. The molecule has 0 aliphatic carbocycles. The van der Waals surface area contributed by atoms with Gasteiger partial charge in [0.2, 0.25) is 0 Å². The molecular formula is H3O6PV-2. The third-order valence-electron chi connectivity index (χ3n) is 0. The van der Waals surface area contributed by atoms with Gasteiger partial charge in [-0.3, -0.25) is 0 Å². The zero-order valence-electron chi connectivity index (χ0n) is 4.44. The first kappa shape index (κ1) is 15.8. The molecule has 0 atom stereocenters. The van der Waals surface area contributed by atoms with Gasteiger partial charge in [-0.1, -0.05) is 0 Å². The SMILES string of the molecule is O.O=P([O-])([O-])[O-].[H+].[O]=[V]. The molecule has 0 aliphatic heterocycles. The minimum atomic E-state index is -5.39. The molecule has 0 amide bonds. The van der Waals surface area contributed by atoms with Crippen LogP contribution in [0.15, 0.2) is 0 Å². The van der Waals surface area contributed by atoms with Crippen molar-refractivity contribution in [2.24, 2.45) is 0 Å². The Balaban J connectivity index is -0.0000000286. The Morgan fingerprint density at radius 1 is 1.25 bits per heavy atom. The molecule has 0 fully saturated rings. The fraction of sp³-hybridized carbons (Fsp3) is 0. The molecular weight excluding hydrogens is 178 g/mol. The van der Waals surface area contributed by atoms with Gasteiger partial charge in [0.25, 0.3) is 0 Å². The maximum atomic E-state index is 8.55. The molecule has 0 aliphatic rings. The summed E-state index contributed by atoms with van der Waals surface area (Å²) in [6, 6.07) is 0. The zero-order chi connectivity index (χ0) is 6.50. The van der Waals surface area contributed by atoms with Crippen LogP contribution in [0.4, 0.5) is 0 Å². The molecule has 0 bridgehead atoms. The van der Waals surface area contributed by atoms with Gasteiger partial charge in [0.05, 0.1) is 0 Å². The van der Waals surface area contributed by atoms with Crippen molar-refractivity contribution in [2.75, 3.05) is 0 Å². The number of rotatable bonds is 0. The maximum absolute atomic E-state index is 8.55. The van der Waals surface area contributed by atoms with E-state index in [1.54, 1.807) is 0 Å². The van der Waals surface area contributed by atoms with E-state index >= 15 is 0 Å². The number of hydrogen-bond donors (Lipinski definition) is 0. The molecule has 8 heavy (non-hydrogen) atoms. The predicted octanol–water partition coefficient (Wildman–Crippen LogP) is -3.66. The van der Waals surface area contributed by atoms with Gasteiger partial charge in [0.1, 0.15) is 0 Å². The molecule has 0 saturated carbocycles. The molecule has 51 valence electrons. The van der Waals surface area contributed by atoms with Crippen molar-refractivity contribution in [3.05, 3.63) is 0 Å². The summed E-state index contributed by atoms with van der Waals surface area (Å²) in [5.74, 6) is 0. The van der Waals surface area contributed by atoms with E-state index in [-0.39, 0.29) is 6.90 Å². The van der Waals surface area contributed by atoms with Gasteiger partial charge in [-0.25, -0.2) is 0 Å². The minimum absolute atomic E-state index is 0. The molecule has 0 spiro atoms. The first-order valence-corrected chi connectivity index (χ1v) is 2.94. The van der Waals surface area contributed by atoms with Crippen molar-refractivity contribution in [3.8, 4) is 0 Å². The Kier molecular flexibility index (Phi) is 14.7. The second-order valence-corrected chi connectivity index (χ2v) is 1.34. The summed E-state index contributed by atoms with van der Waals surface area (Å²) in [5, 5.41) is 0. The average molecular weight is 181 g/mol. The molecule has 0 unspecified atom stereocenters. The fourth-order valence-corrected chi connectivity index (χ4v) is 0. The fourth-order valence-electron chi connectivity index (χ4n) is 0. The van der Waals surface area contributed by atoms with Gasteiger partial charge in [-0.15, -0.1) is 0 Å². The van der Waals surface area contributed by atoms with E-state index in [1.807, 2.05) is 0 Å². The standard InChI is InChI=1S/H3O4P.H2O.O.V/c1-5(2,3)4;;;/h(H3,1,2,3,4);1H2;;/p-2. The molecule has 0 rings (SSSR count). The van der Waals surface area contributed by atoms with Crippen LogP contribution in [0.5, 0.6) is 0 Å². The van der Waals surface area contributed by atoms with Crippen molar-refractivity contribution in [1.82, 2.24) is 0 Å². The third kappa shape index (κ3) is 930. The quantitative estimate of drug-likeness (QED) is 0.354. The monoisotopic (exact) mass is 181 g/mol. The summed E-state index contributed by atoms with van der Waals surface area (Å²) in [6.45, 7) is 0. The van der Waals surface area contributed by atoms with Crippen LogP contribution in [-0.4, -0.2) is 5.48 Å². The van der Waals surface area contributed by atoms with Crippen LogP contribution in [0.25, 0.3) is 0 Å². The molecule has 6 nitrogen and oxygen atoms in total. The summed E-state index contributed by atoms with van der Waals surface area (Å²) >= 11 is 1.06. The Morgan fingerprint density at radius 3 is 1.25 bits per heavy atom. The van der Waals surface area contributed by atoms with E-state index in [9.17, 15) is 0 Å². The van der Waals surface area contributed by atoms with Crippen LogP contribution in [0.2, 0.25) is 0 Å². The molecule has 8 heteroatoms. The Hall–Kier alpha value is 0.454. The second kappa shape index (κ2) is 7.45. The van der Waals surface area contributed by atoms with Crippen LogP contribution >= 0.6 is 7.82 Å². The summed E-state index contributed by atoms with van der Waals surface area (Å²) in [6.07, 6.45) is 0. The van der Waals surface area contributed by atoms with E-state index in [4.69, 9.17) is 22.9 Å². The summed E-state index contributed by atoms with van der Waals surface area (Å²) < 4.78 is 16.7. The van der Waals surface area contributed by atoms with Crippen molar-refractivity contribution in [3.63, 3.8) is 0 Å². The van der Waals surface area contributed by atoms with Crippen molar-refractivity contribution in [2.45, 2.75) is 0 Å². The van der Waals surface area contributed by atoms with Crippen LogP contribution in [-0.2, 0) is 25.6 Å². The molecule has 0 aromatic rings. The molecule has 0 radical (unpaired) electrons. The molecule has 0 aromatic heterocycles. The van der Waals surface area contributed by atoms with Crippen molar-refractivity contribution >= 4 is 7.82 Å². The second-order valence-electron chi connectivity index (χ2n) is 0.447. The van der Waals surface area contributed by atoms with Crippen molar-refractivity contribution in [1.29, 1.82) is 0 Å². The molecule has 2 N–H and O–H groups in total. The van der Waals surface area contributed by atoms with Crippen LogP contribution in [0.3, 0.4) is 0 Å². The topological polar surface area (TPSA) is 135 Å². The predicted molar refractivity (Wildman–Crippen MR) is 13.0 cm³/mol. The van der Waals surface area contributed by atoms with Gasteiger partial charge in [-0.2, -0.15) is 7.82 Å². The van der Waals surface area contributed by atoms with Gasteiger partial charge in [0, 0.05) is 0 Å². The van der Waals surface area contributed by atoms with Gasteiger partial charge in [-0.05, 0) is 0 Å². The average Bonchev–Trinajstić information content (AvgIpc) is 1.36. The number of phosphoric acid groups is 1. The van der Waals surface area contributed by atoms with Gasteiger partial charge >= 0.3 is 22.5 Å². The molecule has 0 aromatic carbocycles. The van der Waals surface area contributed by atoms with Crippen molar-refractivity contribution < 1.29 is 47.2 Å². The van der Waals surface area contributed by atoms with E-state index in [0.29, 0.717) is 0 Å². The van der Waals surface area contributed by atoms with Gasteiger partial charge < -0.3 is 24.7 Å². The van der Waals surface area contributed by atoms with E-state index in [2.05, 4.69) is 0 Å². The van der Waals surface area contributed by atoms with E-state index < -0.39 is 7.82 Å².